The summed E-state index contributed by atoms with van der Waals surface area (Å²) in [5, 5.41) is 9.10. The molecular weight excluding hydrogens is 329 g/mol. The summed E-state index contributed by atoms with van der Waals surface area (Å²) in [4.78, 5) is 28.8. The van der Waals surface area contributed by atoms with Crippen molar-refractivity contribution in [3.8, 4) is 11.3 Å². The van der Waals surface area contributed by atoms with Crippen molar-refractivity contribution in [2.24, 2.45) is 0 Å². The number of fused-ring (bicyclic) bond motifs is 1. The largest absolute Gasteiger partial charge is 0.475 e. The van der Waals surface area contributed by atoms with Gasteiger partial charge in [-0.05, 0) is 24.3 Å². The van der Waals surface area contributed by atoms with Gasteiger partial charge in [-0.25, -0.2) is 24.1 Å². The number of nitrogens with zero attached hydrogens (tertiary/aromatic N) is 4. The number of hydrogen-bond donors (Lipinski definition) is 2. The van der Waals surface area contributed by atoms with Crippen LogP contribution in [-0.4, -0.2) is 57.3 Å². The van der Waals surface area contributed by atoms with E-state index in [1.807, 2.05) is 4.90 Å². The number of benzene rings is 1. The van der Waals surface area contributed by atoms with E-state index >= 15 is 0 Å². The molecule has 2 aromatic heterocycles. The van der Waals surface area contributed by atoms with Gasteiger partial charge in [-0.2, -0.15) is 0 Å². The lowest BCUT2D eigenvalue weighted by Crippen LogP contribution is -2.37. The minimum atomic E-state index is -1.18. The number of imidazole rings is 1. The summed E-state index contributed by atoms with van der Waals surface area (Å²) in [5.74, 6) is -1.18. The number of nitrogens with one attached hydrogen (secondary N) is 1. The van der Waals surface area contributed by atoms with Crippen molar-refractivity contribution in [1.82, 2.24) is 19.9 Å². The number of halogens is 1. The zero-order valence-corrected chi connectivity index (χ0v) is 13.1. The van der Waals surface area contributed by atoms with Crippen LogP contribution in [0.4, 0.5) is 10.2 Å². The Bertz CT molecular complexity index is 935. The first-order chi connectivity index (χ1) is 12.1. The highest BCUT2D eigenvalue weighted by atomic mass is 19.1. The first-order valence-corrected chi connectivity index (χ1v) is 7.71. The Morgan fingerprint density at radius 1 is 1.16 bits per heavy atom. The molecule has 9 heteroatoms. The lowest BCUT2D eigenvalue weighted by Gasteiger charge is -2.29. The number of hydrogen-bond acceptors (Lipinski definition) is 6. The Morgan fingerprint density at radius 2 is 1.88 bits per heavy atom. The van der Waals surface area contributed by atoms with E-state index in [-0.39, 0.29) is 22.9 Å². The second kappa shape index (κ2) is 6.10. The van der Waals surface area contributed by atoms with Crippen molar-refractivity contribution in [2.45, 2.75) is 0 Å². The van der Waals surface area contributed by atoms with Crippen LogP contribution in [0.1, 0.15) is 10.6 Å². The Kier molecular flexibility index (Phi) is 3.77. The molecule has 0 radical (unpaired) electrons. The summed E-state index contributed by atoms with van der Waals surface area (Å²) < 4.78 is 18.6. The molecule has 25 heavy (non-hydrogen) atoms. The van der Waals surface area contributed by atoms with Crippen LogP contribution >= 0.6 is 0 Å². The minimum absolute atomic E-state index is 0.223. The normalized spacial score (nSPS) is 14.8. The van der Waals surface area contributed by atoms with E-state index in [1.165, 1.54) is 12.1 Å². The highest BCUT2D eigenvalue weighted by Gasteiger charge is 2.22. The highest BCUT2D eigenvalue weighted by Crippen LogP contribution is 2.29. The lowest BCUT2D eigenvalue weighted by atomic mass is 10.1. The average Bonchev–Trinajstić information content (AvgIpc) is 3.05. The fourth-order valence-corrected chi connectivity index (χ4v) is 2.72. The molecule has 0 aliphatic carbocycles. The molecule has 0 bridgehead atoms. The third-order valence-corrected chi connectivity index (χ3v) is 3.94. The maximum atomic E-state index is 13.3. The summed E-state index contributed by atoms with van der Waals surface area (Å²) in [6.07, 6.45) is 0. The van der Waals surface area contributed by atoms with Gasteiger partial charge in [0.2, 0.25) is 5.82 Å². The molecule has 1 fully saturated rings. The summed E-state index contributed by atoms with van der Waals surface area (Å²) in [6, 6.07) is 5.92. The van der Waals surface area contributed by atoms with Crippen molar-refractivity contribution < 1.29 is 19.0 Å². The number of aromatic nitrogens is 4. The number of morpholine rings is 1. The number of rotatable bonds is 3. The number of carboxylic acid groups (broad SMARTS) is 1. The maximum absolute atomic E-state index is 13.3. The van der Waals surface area contributed by atoms with Crippen molar-refractivity contribution in [3.05, 3.63) is 35.9 Å². The Balaban J connectivity index is 1.89. The Labute approximate surface area is 141 Å². The fourth-order valence-electron chi connectivity index (χ4n) is 2.72. The Hall–Kier alpha value is -3.07. The summed E-state index contributed by atoms with van der Waals surface area (Å²) in [6.45, 7) is 2.38. The number of H-pyrrole nitrogens is 1. The molecule has 0 spiro atoms. The summed E-state index contributed by atoms with van der Waals surface area (Å²) in [7, 11) is 0. The fraction of sp³-hybridized carbons (Fsp3) is 0.250. The SMILES string of the molecule is O=C(O)c1nc2nc(N3CCOCC3)c(-c3ccc(F)cc3)nc2[nH]1. The van der Waals surface area contributed by atoms with Gasteiger partial charge in [0, 0.05) is 18.7 Å². The van der Waals surface area contributed by atoms with E-state index in [9.17, 15) is 9.18 Å². The van der Waals surface area contributed by atoms with Gasteiger partial charge in [-0.3, -0.25) is 0 Å². The number of carboxylic acids is 1. The monoisotopic (exact) mass is 343 g/mol. The molecule has 4 rings (SSSR count). The topological polar surface area (TPSA) is 104 Å². The van der Waals surface area contributed by atoms with Gasteiger partial charge in [-0.1, -0.05) is 0 Å². The van der Waals surface area contributed by atoms with Crippen LogP contribution in [0.5, 0.6) is 0 Å². The van der Waals surface area contributed by atoms with Crippen molar-refractivity contribution in [2.75, 3.05) is 31.2 Å². The van der Waals surface area contributed by atoms with Crippen LogP contribution in [0, 0.1) is 5.82 Å². The number of anilines is 1. The van der Waals surface area contributed by atoms with Crippen LogP contribution in [-0.2, 0) is 4.74 Å². The third-order valence-electron chi connectivity index (χ3n) is 3.94. The zero-order valence-electron chi connectivity index (χ0n) is 13.1. The molecule has 0 atom stereocenters. The van der Waals surface area contributed by atoms with E-state index in [0.717, 1.165) is 0 Å². The molecule has 0 unspecified atom stereocenters. The van der Waals surface area contributed by atoms with Crippen LogP contribution in [0.2, 0.25) is 0 Å². The molecule has 0 saturated carbocycles. The second-order valence-corrected chi connectivity index (χ2v) is 5.56. The lowest BCUT2D eigenvalue weighted by molar-refractivity contribution is 0.0685. The van der Waals surface area contributed by atoms with Crippen LogP contribution < -0.4 is 4.90 Å². The van der Waals surface area contributed by atoms with Crippen LogP contribution in [0.3, 0.4) is 0 Å². The van der Waals surface area contributed by atoms with Gasteiger partial charge in [0.25, 0.3) is 0 Å². The maximum Gasteiger partial charge on any atom is 0.372 e. The summed E-state index contributed by atoms with van der Waals surface area (Å²) in [5.41, 5.74) is 1.72. The molecule has 3 heterocycles. The molecule has 1 aliphatic heterocycles. The predicted octanol–water partition coefficient (Wildman–Crippen LogP) is 1.69. The second-order valence-electron chi connectivity index (χ2n) is 5.56. The molecular formula is C16H14FN5O3. The number of carbonyl (C=O) groups is 1. The van der Waals surface area contributed by atoms with Gasteiger partial charge >= 0.3 is 5.97 Å². The van der Waals surface area contributed by atoms with Gasteiger partial charge in [0.1, 0.15) is 11.5 Å². The van der Waals surface area contributed by atoms with E-state index in [0.29, 0.717) is 43.4 Å². The van der Waals surface area contributed by atoms with Crippen LogP contribution in [0.15, 0.2) is 24.3 Å². The molecule has 3 aromatic rings. The van der Waals surface area contributed by atoms with E-state index < -0.39 is 5.97 Å². The number of aromatic amines is 1. The van der Waals surface area contributed by atoms with Crippen molar-refractivity contribution in [1.29, 1.82) is 0 Å². The van der Waals surface area contributed by atoms with Gasteiger partial charge < -0.3 is 19.7 Å². The zero-order chi connectivity index (χ0) is 17.4. The van der Waals surface area contributed by atoms with Crippen molar-refractivity contribution >= 4 is 23.1 Å². The van der Waals surface area contributed by atoms with E-state index in [4.69, 9.17) is 9.84 Å². The third kappa shape index (κ3) is 2.89. The molecule has 1 aliphatic rings. The molecule has 0 amide bonds. The quantitative estimate of drug-likeness (QED) is 0.746. The molecule has 1 saturated heterocycles. The van der Waals surface area contributed by atoms with E-state index in [2.05, 4.69) is 19.9 Å². The summed E-state index contributed by atoms with van der Waals surface area (Å²) >= 11 is 0. The molecule has 128 valence electrons. The molecule has 2 N–H and O–H groups in total. The minimum Gasteiger partial charge on any atom is -0.475 e. The van der Waals surface area contributed by atoms with E-state index in [1.54, 1.807) is 12.1 Å². The van der Waals surface area contributed by atoms with Gasteiger partial charge in [0.15, 0.2) is 17.1 Å². The van der Waals surface area contributed by atoms with Crippen LogP contribution in [0.25, 0.3) is 22.6 Å². The first-order valence-electron chi connectivity index (χ1n) is 7.71. The Morgan fingerprint density at radius 3 is 2.56 bits per heavy atom. The predicted molar refractivity (Wildman–Crippen MR) is 87.1 cm³/mol. The smallest absolute Gasteiger partial charge is 0.372 e. The van der Waals surface area contributed by atoms with Gasteiger partial charge in [-0.15, -0.1) is 0 Å². The highest BCUT2D eigenvalue weighted by molar-refractivity contribution is 5.88. The standard InChI is InChI=1S/C16H14FN5O3/c17-10-3-1-9(2-4-10)11-15(22-5-7-25-8-6-22)21-13-12(18-11)19-14(20-13)16(23)24/h1-4H,5-8H2,(H,23,24)(H,18,19,20,21). The average molecular weight is 343 g/mol. The molecule has 1 aromatic carbocycles. The molecule has 8 nitrogen and oxygen atoms in total. The first kappa shape index (κ1) is 15.5. The van der Waals surface area contributed by atoms with Gasteiger partial charge in [0.05, 0.1) is 13.2 Å². The number of ether oxygens (including phenoxy) is 1. The van der Waals surface area contributed by atoms with Crippen molar-refractivity contribution in [3.63, 3.8) is 0 Å². The number of aromatic carboxylic acids is 1.